The van der Waals surface area contributed by atoms with Crippen molar-refractivity contribution in [3.05, 3.63) is 44.9 Å². The van der Waals surface area contributed by atoms with Gasteiger partial charge in [0.05, 0.1) is 0 Å². The van der Waals surface area contributed by atoms with Crippen LogP contribution in [0.25, 0.3) is 0 Å². The molecule has 0 unspecified atom stereocenters. The number of hydrogen-bond donors (Lipinski definition) is 0. The summed E-state index contributed by atoms with van der Waals surface area (Å²) in [4.78, 5) is 14.7. The van der Waals surface area contributed by atoms with E-state index >= 15 is 0 Å². The molecule has 0 N–H and O–H groups in total. The minimum atomic E-state index is 0.254. The summed E-state index contributed by atoms with van der Waals surface area (Å²) in [6, 6.07) is 6.38. The molecular formula is C13H12BrClN4. The van der Waals surface area contributed by atoms with Crippen LogP contribution in [0.2, 0.25) is 5.28 Å². The van der Waals surface area contributed by atoms with Crippen molar-refractivity contribution >= 4 is 33.5 Å². The monoisotopic (exact) mass is 338 g/mol. The lowest BCUT2D eigenvalue weighted by Gasteiger charge is -2.29. The first-order chi connectivity index (χ1) is 9.11. The fraction of sp³-hybridized carbons (Fsp3) is 0.308. The van der Waals surface area contributed by atoms with Gasteiger partial charge in [-0.2, -0.15) is 9.97 Å². The summed E-state index contributed by atoms with van der Waals surface area (Å²) in [6.45, 7) is 3.53. The molecular weight excluding hydrogens is 328 g/mol. The Hall–Kier alpha value is -1.20. The molecule has 1 aliphatic rings. The van der Waals surface area contributed by atoms with Gasteiger partial charge in [-0.05, 0) is 48.2 Å². The molecule has 0 bridgehead atoms. The highest BCUT2D eigenvalue weighted by Gasteiger charge is 2.19. The van der Waals surface area contributed by atoms with Crippen LogP contribution >= 0.6 is 27.5 Å². The van der Waals surface area contributed by atoms with Gasteiger partial charge in [-0.25, -0.2) is 4.98 Å². The van der Waals surface area contributed by atoms with Crippen LogP contribution in [0.3, 0.4) is 0 Å². The summed E-state index contributed by atoms with van der Waals surface area (Å²) < 4.78 is 1.12. The second-order valence-electron chi connectivity index (χ2n) is 4.54. The van der Waals surface area contributed by atoms with E-state index in [4.69, 9.17) is 11.6 Å². The van der Waals surface area contributed by atoms with E-state index in [0.29, 0.717) is 11.8 Å². The van der Waals surface area contributed by atoms with Crippen LogP contribution in [0.15, 0.2) is 22.7 Å². The lowest BCUT2D eigenvalue weighted by molar-refractivity contribution is 0.700. The highest BCUT2D eigenvalue weighted by Crippen LogP contribution is 2.25. The van der Waals surface area contributed by atoms with Crippen molar-refractivity contribution in [3.63, 3.8) is 0 Å². The van der Waals surface area contributed by atoms with E-state index in [1.807, 2.05) is 6.92 Å². The van der Waals surface area contributed by atoms with E-state index in [9.17, 15) is 0 Å². The third-order valence-electron chi connectivity index (χ3n) is 3.17. The van der Waals surface area contributed by atoms with Gasteiger partial charge in [0, 0.05) is 17.6 Å². The van der Waals surface area contributed by atoms with Gasteiger partial charge in [-0.15, -0.1) is 0 Å². The summed E-state index contributed by atoms with van der Waals surface area (Å²) in [5, 5.41) is 0.254. The molecule has 2 aromatic rings. The number of aryl methyl sites for hydroxylation is 1. The fourth-order valence-electron chi connectivity index (χ4n) is 2.27. The van der Waals surface area contributed by atoms with Gasteiger partial charge in [-0.3, -0.25) is 0 Å². The number of fused-ring (bicyclic) bond motifs is 1. The standard InChI is InChI=1S/C13H12BrClN4/c1-8-16-12(15)18-13(17-8)19-5-4-9-6-11(14)3-2-10(9)7-19/h2-3,6H,4-5,7H2,1H3. The molecule has 98 valence electrons. The van der Waals surface area contributed by atoms with E-state index in [1.54, 1.807) is 0 Å². The molecule has 4 nitrogen and oxygen atoms in total. The smallest absolute Gasteiger partial charge is 0.230 e. The Bertz CT molecular complexity index is 612. The summed E-state index contributed by atoms with van der Waals surface area (Å²) in [7, 11) is 0. The topological polar surface area (TPSA) is 41.9 Å². The van der Waals surface area contributed by atoms with Crippen LogP contribution in [-0.4, -0.2) is 21.5 Å². The highest BCUT2D eigenvalue weighted by atomic mass is 79.9. The van der Waals surface area contributed by atoms with Gasteiger partial charge in [0.2, 0.25) is 11.2 Å². The Kier molecular flexibility index (Phi) is 3.41. The zero-order valence-corrected chi connectivity index (χ0v) is 12.7. The van der Waals surface area contributed by atoms with Crippen LogP contribution in [-0.2, 0) is 13.0 Å². The van der Waals surface area contributed by atoms with Crippen molar-refractivity contribution in [1.82, 2.24) is 15.0 Å². The molecule has 1 aromatic carbocycles. The summed E-state index contributed by atoms with van der Waals surface area (Å²) in [5.41, 5.74) is 2.69. The molecule has 2 heterocycles. The van der Waals surface area contributed by atoms with E-state index in [2.05, 4.69) is 54.0 Å². The predicted molar refractivity (Wildman–Crippen MR) is 78.5 cm³/mol. The fourth-order valence-corrected chi connectivity index (χ4v) is 2.88. The first-order valence-corrected chi connectivity index (χ1v) is 7.19. The van der Waals surface area contributed by atoms with Gasteiger partial charge in [0.15, 0.2) is 0 Å². The number of hydrogen-bond acceptors (Lipinski definition) is 4. The Labute approximate surface area is 125 Å². The largest absolute Gasteiger partial charge is 0.336 e. The Morgan fingerprint density at radius 3 is 2.84 bits per heavy atom. The molecule has 1 aliphatic heterocycles. The molecule has 0 aliphatic carbocycles. The van der Waals surface area contributed by atoms with Gasteiger partial charge >= 0.3 is 0 Å². The average Bonchev–Trinajstić information content (AvgIpc) is 2.37. The van der Waals surface area contributed by atoms with Gasteiger partial charge in [-0.1, -0.05) is 22.0 Å². The minimum absolute atomic E-state index is 0.254. The molecule has 1 aromatic heterocycles. The molecule has 0 spiro atoms. The first-order valence-electron chi connectivity index (χ1n) is 6.02. The van der Waals surface area contributed by atoms with Crippen molar-refractivity contribution in [2.24, 2.45) is 0 Å². The number of aromatic nitrogens is 3. The molecule has 0 radical (unpaired) electrons. The second kappa shape index (κ2) is 5.06. The highest BCUT2D eigenvalue weighted by molar-refractivity contribution is 9.10. The van der Waals surface area contributed by atoms with E-state index in [-0.39, 0.29) is 5.28 Å². The van der Waals surface area contributed by atoms with Crippen molar-refractivity contribution in [2.75, 3.05) is 11.4 Å². The quantitative estimate of drug-likeness (QED) is 0.800. The van der Waals surface area contributed by atoms with Crippen LogP contribution in [0.5, 0.6) is 0 Å². The minimum Gasteiger partial charge on any atom is -0.336 e. The molecule has 19 heavy (non-hydrogen) atoms. The molecule has 0 saturated carbocycles. The van der Waals surface area contributed by atoms with Crippen molar-refractivity contribution in [1.29, 1.82) is 0 Å². The van der Waals surface area contributed by atoms with E-state index in [1.165, 1.54) is 11.1 Å². The zero-order chi connectivity index (χ0) is 13.4. The van der Waals surface area contributed by atoms with Crippen LogP contribution < -0.4 is 4.90 Å². The van der Waals surface area contributed by atoms with Crippen molar-refractivity contribution < 1.29 is 0 Å². The maximum absolute atomic E-state index is 5.90. The molecule has 3 rings (SSSR count). The lowest BCUT2D eigenvalue weighted by atomic mass is 10.0. The number of halogens is 2. The Morgan fingerprint density at radius 1 is 1.21 bits per heavy atom. The maximum Gasteiger partial charge on any atom is 0.230 e. The second-order valence-corrected chi connectivity index (χ2v) is 5.79. The van der Waals surface area contributed by atoms with E-state index in [0.717, 1.165) is 24.0 Å². The van der Waals surface area contributed by atoms with Crippen LogP contribution in [0.4, 0.5) is 5.95 Å². The van der Waals surface area contributed by atoms with Gasteiger partial charge in [0.25, 0.3) is 0 Å². The SMILES string of the molecule is Cc1nc(Cl)nc(N2CCc3cc(Br)ccc3C2)n1. The van der Waals surface area contributed by atoms with Crippen molar-refractivity contribution in [2.45, 2.75) is 19.9 Å². The third kappa shape index (κ3) is 2.72. The van der Waals surface area contributed by atoms with Gasteiger partial charge < -0.3 is 4.90 Å². The summed E-state index contributed by atoms with van der Waals surface area (Å²) >= 11 is 9.40. The number of benzene rings is 1. The zero-order valence-electron chi connectivity index (χ0n) is 10.4. The third-order valence-corrected chi connectivity index (χ3v) is 3.83. The maximum atomic E-state index is 5.90. The Morgan fingerprint density at radius 2 is 2.05 bits per heavy atom. The average molecular weight is 340 g/mol. The number of rotatable bonds is 1. The predicted octanol–water partition coefficient (Wildman–Crippen LogP) is 3.16. The molecule has 6 heteroatoms. The first kappa shape index (κ1) is 12.8. The Balaban J connectivity index is 1.91. The molecule has 0 fully saturated rings. The van der Waals surface area contributed by atoms with Crippen molar-refractivity contribution in [3.8, 4) is 0 Å². The normalized spacial score (nSPS) is 14.4. The summed E-state index contributed by atoms with van der Waals surface area (Å²) in [5.74, 6) is 1.31. The molecule has 0 atom stereocenters. The number of nitrogens with zero attached hydrogens (tertiary/aromatic N) is 4. The van der Waals surface area contributed by atoms with Crippen LogP contribution in [0, 0.1) is 6.92 Å². The van der Waals surface area contributed by atoms with Crippen LogP contribution in [0.1, 0.15) is 17.0 Å². The lowest BCUT2D eigenvalue weighted by Crippen LogP contribution is -2.32. The summed E-state index contributed by atoms with van der Waals surface area (Å²) in [6.07, 6.45) is 0.983. The van der Waals surface area contributed by atoms with E-state index < -0.39 is 0 Å². The molecule has 0 saturated heterocycles. The number of anilines is 1. The molecule has 0 amide bonds. The van der Waals surface area contributed by atoms with Gasteiger partial charge in [0.1, 0.15) is 5.82 Å².